The number of methoxy groups -OCH3 is 1. The molecule has 142 valence electrons. The zero-order valence-electron chi connectivity index (χ0n) is 16.0. The Labute approximate surface area is 163 Å². The molecule has 1 N–H and O–H groups in total. The van der Waals surface area contributed by atoms with Crippen LogP contribution >= 0.6 is 12.2 Å². The van der Waals surface area contributed by atoms with Crippen LogP contribution in [-0.2, 0) is 6.54 Å². The lowest BCUT2D eigenvalue weighted by Crippen LogP contribution is -2.44. The highest BCUT2D eigenvalue weighted by molar-refractivity contribution is 7.80. The van der Waals surface area contributed by atoms with Gasteiger partial charge in [0.25, 0.3) is 0 Å². The molecule has 1 aromatic carbocycles. The van der Waals surface area contributed by atoms with Crippen LogP contribution in [0.15, 0.2) is 35.9 Å². The van der Waals surface area contributed by atoms with Gasteiger partial charge in [-0.3, -0.25) is 0 Å². The molecule has 0 saturated heterocycles. The summed E-state index contributed by atoms with van der Waals surface area (Å²) in [7, 11) is 1.74. The van der Waals surface area contributed by atoms with Gasteiger partial charge in [-0.2, -0.15) is 0 Å². The molecular formula is C22H32N2OS. The van der Waals surface area contributed by atoms with Crippen molar-refractivity contribution in [2.75, 3.05) is 13.7 Å². The lowest BCUT2D eigenvalue weighted by molar-refractivity contribution is 0.297. The number of ether oxygens (including phenoxy) is 1. The molecule has 3 rings (SSSR count). The molecule has 1 fully saturated rings. The van der Waals surface area contributed by atoms with E-state index in [1.165, 1.54) is 56.9 Å². The second-order valence-electron chi connectivity index (χ2n) is 7.47. The zero-order chi connectivity index (χ0) is 18.2. The first-order valence-corrected chi connectivity index (χ1v) is 10.5. The van der Waals surface area contributed by atoms with Crippen LogP contribution in [-0.4, -0.2) is 29.7 Å². The van der Waals surface area contributed by atoms with Gasteiger partial charge in [-0.05, 0) is 63.2 Å². The molecule has 0 radical (unpaired) electrons. The lowest BCUT2D eigenvalue weighted by atomic mass is 9.97. The van der Waals surface area contributed by atoms with Crippen LogP contribution in [0.5, 0.6) is 5.75 Å². The number of nitrogens with zero attached hydrogens (tertiary/aromatic N) is 1. The summed E-state index contributed by atoms with van der Waals surface area (Å²) in [6.07, 6.45) is 13.9. The van der Waals surface area contributed by atoms with E-state index in [0.717, 1.165) is 30.4 Å². The molecule has 0 aliphatic heterocycles. The average Bonchev–Trinajstić information content (AvgIpc) is 3.21. The normalized spacial score (nSPS) is 17.7. The van der Waals surface area contributed by atoms with E-state index in [-0.39, 0.29) is 0 Å². The van der Waals surface area contributed by atoms with E-state index in [2.05, 4.69) is 28.4 Å². The fraction of sp³-hybridized carbons (Fsp3) is 0.591. The largest absolute Gasteiger partial charge is 0.496 e. The average molecular weight is 373 g/mol. The van der Waals surface area contributed by atoms with Crippen LogP contribution in [0.25, 0.3) is 0 Å². The number of para-hydroxylation sites is 1. The molecular weight excluding hydrogens is 340 g/mol. The minimum absolute atomic E-state index is 0.550. The summed E-state index contributed by atoms with van der Waals surface area (Å²) in [6.45, 7) is 1.77. The number of nitrogens with one attached hydrogen (secondary N) is 1. The number of hydrogen-bond donors (Lipinski definition) is 1. The van der Waals surface area contributed by atoms with Crippen LogP contribution < -0.4 is 10.1 Å². The summed E-state index contributed by atoms with van der Waals surface area (Å²) >= 11 is 5.81. The third-order valence-electron chi connectivity index (χ3n) is 5.67. The smallest absolute Gasteiger partial charge is 0.169 e. The first kappa shape index (κ1) is 19.2. The third-order valence-corrected chi connectivity index (χ3v) is 6.05. The molecule has 0 bridgehead atoms. The Morgan fingerprint density at radius 1 is 1.19 bits per heavy atom. The van der Waals surface area contributed by atoms with Gasteiger partial charge in [-0.1, -0.05) is 42.7 Å². The zero-order valence-corrected chi connectivity index (χ0v) is 16.8. The van der Waals surface area contributed by atoms with Crippen LogP contribution in [0.4, 0.5) is 0 Å². The summed E-state index contributed by atoms with van der Waals surface area (Å²) in [5.74, 6) is 0.950. The summed E-state index contributed by atoms with van der Waals surface area (Å²) in [5.41, 5.74) is 2.81. The quantitative estimate of drug-likeness (QED) is 0.525. The molecule has 2 aliphatic carbocycles. The molecule has 0 unspecified atom stereocenters. The Bertz CT molecular complexity index is 622. The van der Waals surface area contributed by atoms with Gasteiger partial charge in [-0.15, -0.1) is 0 Å². The fourth-order valence-corrected chi connectivity index (χ4v) is 4.48. The van der Waals surface area contributed by atoms with Crippen molar-refractivity contribution in [3.63, 3.8) is 0 Å². The summed E-state index contributed by atoms with van der Waals surface area (Å²) in [4.78, 5) is 2.40. The molecule has 26 heavy (non-hydrogen) atoms. The molecule has 0 atom stereocenters. The Morgan fingerprint density at radius 3 is 2.73 bits per heavy atom. The van der Waals surface area contributed by atoms with Gasteiger partial charge in [0, 0.05) is 24.7 Å². The number of thiocarbonyl (C=S) groups is 1. The molecule has 0 amide bonds. The fourth-order valence-electron chi connectivity index (χ4n) is 4.16. The number of benzene rings is 1. The van der Waals surface area contributed by atoms with Gasteiger partial charge in [0.2, 0.25) is 0 Å². The number of hydrogen-bond acceptors (Lipinski definition) is 2. The van der Waals surface area contributed by atoms with E-state index >= 15 is 0 Å². The Hall–Kier alpha value is -1.55. The minimum atomic E-state index is 0.550. The highest BCUT2D eigenvalue weighted by Crippen LogP contribution is 2.27. The third kappa shape index (κ3) is 5.23. The molecule has 0 aromatic heterocycles. The topological polar surface area (TPSA) is 24.5 Å². The highest BCUT2D eigenvalue weighted by Gasteiger charge is 2.25. The van der Waals surface area contributed by atoms with Crippen LogP contribution in [0.3, 0.4) is 0 Å². The van der Waals surface area contributed by atoms with Gasteiger partial charge >= 0.3 is 0 Å². The predicted molar refractivity (Wildman–Crippen MR) is 113 cm³/mol. The van der Waals surface area contributed by atoms with Crippen molar-refractivity contribution in [3.05, 3.63) is 41.5 Å². The predicted octanol–water partition coefficient (Wildman–Crippen LogP) is 5.20. The molecule has 0 heterocycles. The molecule has 2 aliphatic rings. The van der Waals surface area contributed by atoms with E-state index < -0.39 is 0 Å². The van der Waals surface area contributed by atoms with Crippen molar-refractivity contribution >= 4 is 17.3 Å². The maximum atomic E-state index is 5.81. The second-order valence-corrected chi connectivity index (χ2v) is 7.85. The number of rotatable bonds is 7. The van der Waals surface area contributed by atoms with Crippen molar-refractivity contribution < 1.29 is 4.74 Å². The van der Waals surface area contributed by atoms with E-state index in [9.17, 15) is 0 Å². The van der Waals surface area contributed by atoms with Gasteiger partial charge in [-0.25, -0.2) is 0 Å². The lowest BCUT2D eigenvalue weighted by Gasteiger charge is -2.32. The van der Waals surface area contributed by atoms with Crippen LogP contribution in [0.2, 0.25) is 0 Å². The van der Waals surface area contributed by atoms with Gasteiger partial charge in [0.05, 0.1) is 7.11 Å². The van der Waals surface area contributed by atoms with E-state index in [4.69, 9.17) is 17.0 Å². The molecule has 4 heteroatoms. The van der Waals surface area contributed by atoms with Crippen LogP contribution in [0, 0.1) is 0 Å². The molecule has 1 aromatic rings. The monoisotopic (exact) mass is 372 g/mol. The Balaban J connectivity index is 1.61. The van der Waals surface area contributed by atoms with Crippen molar-refractivity contribution in [2.45, 2.75) is 70.4 Å². The standard InChI is InChI=1S/C22H32N2OS/c1-25-21-14-8-5-11-19(21)17-24(20-12-6-7-13-20)22(26)23-16-15-18-9-3-2-4-10-18/h5,8-9,11,14,20H,2-4,6-7,10,12-13,15-17H2,1H3,(H,23,26). The van der Waals surface area contributed by atoms with Crippen molar-refractivity contribution in [2.24, 2.45) is 0 Å². The van der Waals surface area contributed by atoms with Crippen molar-refractivity contribution in [3.8, 4) is 5.75 Å². The SMILES string of the molecule is COc1ccccc1CN(C(=S)NCCC1=CCCCC1)C1CCCC1. The van der Waals surface area contributed by atoms with E-state index in [0.29, 0.717) is 6.04 Å². The van der Waals surface area contributed by atoms with Gasteiger partial charge in [0.1, 0.15) is 5.75 Å². The van der Waals surface area contributed by atoms with Crippen LogP contribution in [0.1, 0.15) is 63.4 Å². The first-order chi connectivity index (χ1) is 12.8. The number of allylic oxidation sites excluding steroid dienone is 1. The molecule has 3 nitrogen and oxygen atoms in total. The Morgan fingerprint density at radius 2 is 2.00 bits per heavy atom. The van der Waals surface area contributed by atoms with Crippen molar-refractivity contribution in [1.29, 1.82) is 0 Å². The van der Waals surface area contributed by atoms with Gasteiger partial charge < -0.3 is 15.0 Å². The summed E-state index contributed by atoms with van der Waals surface area (Å²) in [5, 5.41) is 4.44. The molecule has 1 saturated carbocycles. The highest BCUT2D eigenvalue weighted by atomic mass is 32.1. The second kappa shape index (κ2) is 9.96. The Kier molecular flexibility index (Phi) is 7.36. The maximum Gasteiger partial charge on any atom is 0.169 e. The van der Waals surface area contributed by atoms with Crippen molar-refractivity contribution in [1.82, 2.24) is 10.2 Å². The van der Waals surface area contributed by atoms with Gasteiger partial charge in [0.15, 0.2) is 5.11 Å². The minimum Gasteiger partial charge on any atom is -0.496 e. The summed E-state index contributed by atoms with van der Waals surface area (Å²) in [6, 6.07) is 8.84. The van der Waals surface area contributed by atoms with E-state index in [1.807, 2.05) is 12.1 Å². The summed E-state index contributed by atoms with van der Waals surface area (Å²) < 4.78 is 5.55. The molecule has 0 spiro atoms. The maximum absolute atomic E-state index is 5.81. The van der Waals surface area contributed by atoms with E-state index in [1.54, 1.807) is 12.7 Å². The first-order valence-electron chi connectivity index (χ1n) is 10.1.